The molecule has 0 aliphatic heterocycles. The molecule has 0 radical (unpaired) electrons. The van der Waals surface area contributed by atoms with Crippen LogP contribution in [0.2, 0.25) is 0 Å². The molecule has 0 bridgehead atoms. The van der Waals surface area contributed by atoms with Gasteiger partial charge in [0.15, 0.2) is 0 Å². The molecule has 0 saturated heterocycles. The van der Waals surface area contributed by atoms with Crippen LogP contribution in [0.15, 0.2) is 46.9 Å². The van der Waals surface area contributed by atoms with E-state index < -0.39 is 23.4 Å². The van der Waals surface area contributed by atoms with Gasteiger partial charge in [-0.1, -0.05) is 12.1 Å². The summed E-state index contributed by atoms with van der Waals surface area (Å²) in [6, 6.07) is 9.53. The molecule has 7 heteroatoms. The Morgan fingerprint density at radius 3 is 2.50 bits per heavy atom. The molecule has 2 rings (SSSR count). The van der Waals surface area contributed by atoms with Gasteiger partial charge in [-0.3, -0.25) is 9.59 Å². The van der Waals surface area contributed by atoms with Crippen LogP contribution < -0.4 is 10.6 Å². The lowest BCUT2D eigenvalue weighted by atomic mass is 10.2. The first-order valence-electron chi connectivity index (χ1n) is 6.25. The van der Waals surface area contributed by atoms with E-state index in [1.807, 2.05) is 0 Å². The summed E-state index contributed by atoms with van der Waals surface area (Å²) in [5, 5.41) is 4.66. The molecule has 0 saturated carbocycles. The van der Waals surface area contributed by atoms with E-state index in [1.54, 1.807) is 24.3 Å². The molecular formula is C15H11BrF2N2O2. The highest BCUT2D eigenvalue weighted by molar-refractivity contribution is 9.10. The van der Waals surface area contributed by atoms with Crippen molar-refractivity contribution < 1.29 is 18.4 Å². The number of halogens is 3. The van der Waals surface area contributed by atoms with Gasteiger partial charge < -0.3 is 10.6 Å². The van der Waals surface area contributed by atoms with Crippen molar-refractivity contribution in [2.24, 2.45) is 0 Å². The quantitative estimate of drug-likeness (QED) is 0.870. The Morgan fingerprint density at radius 1 is 1.09 bits per heavy atom. The minimum atomic E-state index is -0.884. The fraction of sp³-hybridized carbons (Fsp3) is 0.0667. The Bertz CT molecular complexity index is 722. The van der Waals surface area contributed by atoms with Crippen LogP contribution in [0.25, 0.3) is 0 Å². The number of nitrogens with one attached hydrogen (secondary N) is 2. The fourth-order valence-corrected chi connectivity index (χ4v) is 2.15. The van der Waals surface area contributed by atoms with Crippen molar-refractivity contribution in [1.82, 2.24) is 5.32 Å². The smallest absolute Gasteiger partial charge is 0.252 e. The van der Waals surface area contributed by atoms with E-state index in [9.17, 15) is 18.4 Å². The first-order chi connectivity index (χ1) is 10.5. The number of anilines is 1. The summed E-state index contributed by atoms with van der Waals surface area (Å²) in [6.45, 7) is -0.336. The molecule has 0 spiro atoms. The van der Waals surface area contributed by atoms with Gasteiger partial charge in [0.05, 0.1) is 17.8 Å². The molecule has 114 valence electrons. The molecular weight excluding hydrogens is 358 g/mol. The molecule has 2 N–H and O–H groups in total. The van der Waals surface area contributed by atoms with Crippen molar-refractivity contribution in [2.45, 2.75) is 0 Å². The molecule has 22 heavy (non-hydrogen) atoms. The van der Waals surface area contributed by atoms with Crippen LogP contribution in [-0.2, 0) is 4.79 Å². The Morgan fingerprint density at radius 2 is 1.82 bits per heavy atom. The predicted molar refractivity (Wildman–Crippen MR) is 81.5 cm³/mol. The maximum absolute atomic E-state index is 13.4. The van der Waals surface area contributed by atoms with Crippen LogP contribution in [0.1, 0.15) is 10.4 Å². The monoisotopic (exact) mass is 368 g/mol. The van der Waals surface area contributed by atoms with Gasteiger partial charge in [-0.05, 0) is 40.2 Å². The predicted octanol–water partition coefficient (Wildman–Crippen LogP) is 3.10. The Hall–Kier alpha value is -2.28. The SMILES string of the molecule is O=C(CNC(=O)c1ccccc1Br)Nc1ccc(F)cc1F. The highest BCUT2D eigenvalue weighted by atomic mass is 79.9. The molecule has 0 aliphatic carbocycles. The van der Waals surface area contributed by atoms with Crippen molar-refractivity contribution in [2.75, 3.05) is 11.9 Å². The fourth-order valence-electron chi connectivity index (χ4n) is 1.69. The number of rotatable bonds is 4. The van der Waals surface area contributed by atoms with Gasteiger partial charge in [0.25, 0.3) is 5.91 Å². The van der Waals surface area contributed by atoms with Crippen molar-refractivity contribution in [1.29, 1.82) is 0 Å². The van der Waals surface area contributed by atoms with Gasteiger partial charge in [-0.2, -0.15) is 0 Å². The molecule has 0 heterocycles. The summed E-state index contributed by atoms with van der Waals surface area (Å²) in [5.41, 5.74) is 0.227. The second kappa shape index (κ2) is 7.13. The van der Waals surface area contributed by atoms with E-state index in [0.717, 1.165) is 12.1 Å². The van der Waals surface area contributed by atoms with Gasteiger partial charge in [0, 0.05) is 10.5 Å². The van der Waals surface area contributed by atoms with E-state index in [1.165, 1.54) is 0 Å². The maximum Gasteiger partial charge on any atom is 0.252 e. The van der Waals surface area contributed by atoms with Crippen molar-refractivity contribution in [3.63, 3.8) is 0 Å². The number of benzene rings is 2. The number of carbonyl (C=O) groups excluding carboxylic acids is 2. The van der Waals surface area contributed by atoms with Crippen LogP contribution >= 0.6 is 15.9 Å². The van der Waals surface area contributed by atoms with E-state index >= 15 is 0 Å². The van der Waals surface area contributed by atoms with Crippen LogP contribution in [0.4, 0.5) is 14.5 Å². The molecule has 2 aromatic rings. The summed E-state index contributed by atoms with van der Waals surface area (Å²) in [6.07, 6.45) is 0. The van der Waals surface area contributed by atoms with Gasteiger partial charge in [-0.25, -0.2) is 8.78 Å². The number of amides is 2. The van der Waals surface area contributed by atoms with Gasteiger partial charge in [0.1, 0.15) is 11.6 Å². The molecule has 2 amide bonds. The third-order valence-electron chi connectivity index (χ3n) is 2.73. The average Bonchev–Trinajstić information content (AvgIpc) is 2.48. The summed E-state index contributed by atoms with van der Waals surface area (Å²) in [7, 11) is 0. The summed E-state index contributed by atoms with van der Waals surface area (Å²) in [4.78, 5) is 23.6. The van der Waals surface area contributed by atoms with E-state index in [4.69, 9.17) is 0 Å². The van der Waals surface area contributed by atoms with Crippen LogP contribution in [0.5, 0.6) is 0 Å². The lowest BCUT2D eigenvalue weighted by Crippen LogP contribution is -2.33. The highest BCUT2D eigenvalue weighted by Gasteiger charge is 2.12. The Kier molecular flexibility index (Phi) is 5.21. The first kappa shape index (κ1) is 16.1. The van der Waals surface area contributed by atoms with Gasteiger partial charge >= 0.3 is 0 Å². The van der Waals surface area contributed by atoms with Crippen LogP contribution in [0, 0.1) is 11.6 Å². The summed E-state index contributed by atoms with van der Waals surface area (Å²) in [5.74, 6) is -2.68. The molecule has 0 unspecified atom stereocenters. The zero-order valence-electron chi connectivity index (χ0n) is 11.2. The Labute approximate surface area is 133 Å². The molecule has 0 aromatic heterocycles. The van der Waals surface area contributed by atoms with E-state index in [-0.39, 0.29) is 12.2 Å². The van der Waals surface area contributed by atoms with Crippen molar-refractivity contribution in [3.05, 3.63) is 64.1 Å². The zero-order valence-corrected chi connectivity index (χ0v) is 12.8. The minimum absolute atomic E-state index is 0.151. The molecule has 0 atom stereocenters. The van der Waals surface area contributed by atoms with Crippen molar-refractivity contribution >= 4 is 33.4 Å². The van der Waals surface area contributed by atoms with E-state index in [2.05, 4.69) is 26.6 Å². The largest absolute Gasteiger partial charge is 0.343 e. The molecule has 0 fully saturated rings. The number of carbonyl (C=O) groups is 2. The Balaban J connectivity index is 1.93. The number of hydrogen-bond donors (Lipinski definition) is 2. The maximum atomic E-state index is 13.4. The highest BCUT2D eigenvalue weighted by Crippen LogP contribution is 2.16. The van der Waals surface area contributed by atoms with Crippen LogP contribution in [-0.4, -0.2) is 18.4 Å². The summed E-state index contributed by atoms with van der Waals surface area (Å²) >= 11 is 3.23. The third-order valence-corrected chi connectivity index (χ3v) is 3.42. The molecule has 4 nitrogen and oxygen atoms in total. The van der Waals surface area contributed by atoms with Gasteiger partial charge in [-0.15, -0.1) is 0 Å². The summed E-state index contributed by atoms with van der Waals surface area (Å²) < 4.78 is 26.7. The molecule has 2 aromatic carbocycles. The lowest BCUT2D eigenvalue weighted by molar-refractivity contribution is -0.115. The third kappa shape index (κ3) is 4.11. The van der Waals surface area contributed by atoms with Crippen LogP contribution in [0.3, 0.4) is 0 Å². The second-order valence-electron chi connectivity index (χ2n) is 4.33. The normalized spacial score (nSPS) is 10.1. The first-order valence-corrected chi connectivity index (χ1v) is 7.04. The van der Waals surface area contributed by atoms with Crippen molar-refractivity contribution in [3.8, 4) is 0 Å². The van der Waals surface area contributed by atoms with Gasteiger partial charge in [0.2, 0.25) is 5.91 Å². The zero-order chi connectivity index (χ0) is 16.1. The minimum Gasteiger partial charge on any atom is -0.343 e. The standard InChI is InChI=1S/C15H11BrF2N2O2/c16-11-4-2-1-3-10(11)15(22)19-8-14(21)20-13-6-5-9(17)7-12(13)18/h1-7H,8H2,(H,19,22)(H,20,21). The lowest BCUT2D eigenvalue weighted by Gasteiger charge is -2.08. The topological polar surface area (TPSA) is 58.2 Å². The number of hydrogen-bond acceptors (Lipinski definition) is 2. The van der Waals surface area contributed by atoms with E-state index in [0.29, 0.717) is 16.1 Å². The second-order valence-corrected chi connectivity index (χ2v) is 5.19. The molecule has 0 aliphatic rings. The average molecular weight is 369 g/mol.